The summed E-state index contributed by atoms with van der Waals surface area (Å²) < 4.78 is 6.63. The molecule has 0 unspecified atom stereocenters. The Morgan fingerprint density at radius 2 is 2.04 bits per heavy atom. The number of carbonyl (C=O) groups excluding carboxylic acids is 1. The molecule has 0 aliphatic rings. The molecule has 23 heavy (non-hydrogen) atoms. The SMILES string of the molecule is Cc1cccc(OCCNC(=O)c2sc3ccccc3c2Cl)c1. The van der Waals surface area contributed by atoms with Crippen LogP contribution in [0.1, 0.15) is 15.2 Å². The van der Waals surface area contributed by atoms with E-state index in [1.807, 2.05) is 55.5 Å². The molecule has 3 rings (SSSR count). The van der Waals surface area contributed by atoms with Crippen molar-refractivity contribution < 1.29 is 9.53 Å². The average molecular weight is 346 g/mol. The van der Waals surface area contributed by atoms with E-state index in [1.54, 1.807) is 0 Å². The van der Waals surface area contributed by atoms with Gasteiger partial charge in [0.05, 0.1) is 11.6 Å². The van der Waals surface area contributed by atoms with Gasteiger partial charge in [0.1, 0.15) is 17.2 Å². The van der Waals surface area contributed by atoms with Crippen LogP contribution < -0.4 is 10.1 Å². The van der Waals surface area contributed by atoms with Crippen LogP contribution in [0.4, 0.5) is 0 Å². The second-order valence-corrected chi connectivity index (χ2v) is 6.59. The van der Waals surface area contributed by atoms with Crippen molar-refractivity contribution in [2.75, 3.05) is 13.2 Å². The van der Waals surface area contributed by atoms with Crippen molar-refractivity contribution in [1.82, 2.24) is 5.32 Å². The van der Waals surface area contributed by atoms with Crippen LogP contribution in [0, 0.1) is 6.92 Å². The van der Waals surface area contributed by atoms with Crippen LogP contribution in [0.3, 0.4) is 0 Å². The largest absolute Gasteiger partial charge is 0.492 e. The van der Waals surface area contributed by atoms with Crippen LogP contribution in [0.25, 0.3) is 10.1 Å². The summed E-state index contributed by atoms with van der Waals surface area (Å²) in [5, 5.41) is 4.28. The predicted molar refractivity (Wildman–Crippen MR) is 95.8 cm³/mol. The van der Waals surface area contributed by atoms with Crippen molar-refractivity contribution in [2.45, 2.75) is 6.92 Å². The molecule has 3 aromatic rings. The van der Waals surface area contributed by atoms with E-state index in [1.165, 1.54) is 11.3 Å². The molecular formula is C18H16ClNO2S. The summed E-state index contributed by atoms with van der Waals surface area (Å²) in [6.07, 6.45) is 0. The fourth-order valence-electron chi connectivity index (χ4n) is 2.28. The summed E-state index contributed by atoms with van der Waals surface area (Å²) >= 11 is 7.70. The van der Waals surface area contributed by atoms with Crippen molar-refractivity contribution in [3.05, 3.63) is 64.0 Å². The lowest BCUT2D eigenvalue weighted by atomic mass is 10.2. The Balaban J connectivity index is 1.57. The van der Waals surface area contributed by atoms with Gasteiger partial charge in [-0.1, -0.05) is 41.9 Å². The number of hydrogen-bond acceptors (Lipinski definition) is 3. The third-order valence-corrected chi connectivity index (χ3v) is 5.06. The zero-order valence-electron chi connectivity index (χ0n) is 12.6. The molecule has 1 heterocycles. The van der Waals surface area contributed by atoms with Gasteiger partial charge in [-0.3, -0.25) is 4.79 Å². The summed E-state index contributed by atoms with van der Waals surface area (Å²) in [6.45, 7) is 2.85. The van der Waals surface area contributed by atoms with Gasteiger partial charge in [0, 0.05) is 10.1 Å². The monoisotopic (exact) mass is 345 g/mol. The lowest BCUT2D eigenvalue weighted by Gasteiger charge is -2.07. The number of amides is 1. The lowest BCUT2D eigenvalue weighted by Crippen LogP contribution is -2.27. The van der Waals surface area contributed by atoms with Gasteiger partial charge in [0.25, 0.3) is 5.91 Å². The van der Waals surface area contributed by atoms with E-state index in [0.29, 0.717) is 23.1 Å². The quantitative estimate of drug-likeness (QED) is 0.682. The highest BCUT2D eigenvalue weighted by atomic mass is 35.5. The zero-order chi connectivity index (χ0) is 16.2. The first kappa shape index (κ1) is 15.8. The van der Waals surface area contributed by atoms with Gasteiger partial charge >= 0.3 is 0 Å². The Morgan fingerprint density at radius 1 is 1.22 bits per heavy atom. The minimum Gasteiger partial charge on any atom is -0.492 e. The van der Waals surface area contributed by atoms with Crippen LogP contribution in [-0.2, 0) is 0 Å². The van der Waals surface area contributed by atoms with Crippen LogP contribution in [-0.4, -0.2) is 19.1 Å². The molecule has 1 N–H and O–H groups in total. The van der Waals surface area contributed by atoms with Crippen LogP contribution >= 0.6 is 22.9 Å². The van der Waals surface area contributed by atoms with Crippen LogP contribution in [0.2, 0.25) is 5.02 Å². The molecule has 2 aromatic carbocycles. The Morgan fingerprint density at radius 3 is 2.83 bits per heavy atom. The molecule has 0 bridgehead atoms. The van der Waals surface area contributed by atoms with Gasteiger partial charge in [-0.2, -0.15) is 0 Å². The van der Waals surface area contributed by atoms with Gasteiger partial charge in [-0.15, -0.1) is 11.3 Å². The van der Waals surface area contributed by atoms with Crippen molar-refractivity contribution in [3.8, 4) is 5.75 Å². The highest BCUT2D eigenvalue weighted by Crippen LogP contribution is 2.34. The first-order valence-corrected chi connectivity index (χ1v) is 8.49. The molecular weight excluding hydrogens is 330 g/mol. The molecule has 1 amide bonds. The molecule has 0 fully saturated rings. The summed E-state index contributed by atoms with van der Waals surface area (Å²) in [7, 11) is 0. The Bertz CT molecular complexity index is 844. The fraction of sp³-hybridized carbons (Fsp3) is 0.167. The predicted octanol–water partition coefficient (Wildman–Crippen LogP) is 4.67. The Labute approximate surface area is 143 Å². The number of carbonyl (C=O) groups is 1. The maximum atomic E-state index is 12.3. The molecule has 3 nitrogen and oxygen atoms in total. The number of fused-ring (bicyclic) bond motifs is 1. The van der Waals surface area contributed by atoms with E-state index < -0.39 is 0 Å². The van der Waals surface area contributed by atoms with Gasteiger partial charge in [0.15, 0.2) is 0 Å². The number of aryl methyl sites for hydroxylation is 1. The third kappa shape index (κ3) is 3.66. The van der Waals surface area contributed by atoms with E-state index in [0.717, 1.165) is 21.4 Å². The topological polar surface area (TPSA) is 38.3 Å². The maximum absolute atomic E-state index is 12.3. The van der Waals surface area contributed by atoms with Crippen molar-refractivity contribution >= 4 is 38.9 Å². The minimum atomic E-state index is -0.163. The van der Waals surface area contributed by atoms with Crippen molar-refractivity contribution in [3.63, 3.8) is 0 Å². The van der Waals surface area contributed by atoms with Crippen LogP contribution in [0.5, 0.6) is 5.75 Å². The number of halogens is 1. The molecule has 0 atom stereocenters. The molecule has 5 heteroatoms. The van der Waals surface area contributed by atoms with Gasteiger partial charge in [-0.25, -0.2) is 0 Å². The van der Waals surface area contributed by atoms with E-state index in [-0.39, 0.29) is 5.91 Å². The first-order valence-electron chi connectivity index (χ1n) is 7.30. The molecule has 0 saturated heterocycles. The molecule has 1 aromatic heterocycles. The molecule has 0 aliphatic heterocycles. The number of rotatable bonds is 5. The first-order chi connectivity index (χ1) is 11.1. The lowest BCUT2D eigenvalue weighted by molar-refractivity contribution is 0.0951. The summed E-state index contributed by atoms with van der Waals surface area (Å²) in [4.78, 5) is 12.8. The number of hydrogen-bond donors (Lipinski definition) is 1. The van der Waals surface area contributed by atoms with E-state index in [9.17, 15) is 4.79 Å². The zero-order valence-corrected chi connectivity index (χ0v) is 14.2. The average Bonchev–Trinajstić information content (AvgIpc) is 2.89. The highest BCUT2D eigenvalue weighted by molar-refractivity contribution is 7.21. The van der Waals surface area contributed by atoms with Gasteiger partial charge in [0.2, 0.25) is 0 Å². The standard InChI is InChI=1S/C18H16ClNO2S/c1-12-5-4-6-13(11-12)22-10-9-20-18(21)17-16(19)14-7-2-3-8-15(14)23-17/h2-8,11H,9-10H2,1H3,(H,20,21). The smallest absolute Gasteiger partial charge is 0.263 e. The maximum Gasteiger partial charge on any atom is 0.263 e. The second-order valence-electron chi connectivity index (χ2n) is 5.16. The van der Waals surface area contributed by atoms with Gasteiger partial charge in [-0.05, 0) is 30.7 Å². The number of benzene rings is 2. The van der Waals surface area contributed by atoms with Crippen LogP contribution in [0.15, 0.2) is 48.5 Å². The van der Waals surface area contributed by atoms with Crippen molar-refractivity contribution in [2.24, 2.45) is 0 Å². The Hall–Kier alpha value is -2.04. The summed E-state index contributed by atoms with van der Waals surface area (Å²) in [5.74, 6) is 0.642. The number of nitrogens with one attached hydrogen (secondary N) is 1. The second kappa shape index (κ2) is 7.02. The molecule has 0 aliphatic carbocycles. The van der Waals surface area contributed by atoms with E-state index in [2.05, 4.69) is 5.32 Å². The molecule has 0 saturated carbocycles. The van der Waals surface area contributed by atoms with Gasteiger partial charge < -0.3 is 10.1 Å². The molecule has 0 radical (unpaired) electrons. The molecule has 118 valence electrons. The molecule has 0 spiro atoms. The summed E-state index contributed by atoms with van der Waals surface area (Å²) in [5.41, 5.74) is 1.14. The fourth-order valence-corrected chi connectivity index (χ4v) is 3.71. The Kier molecular flexibility index (Phi) is 4.84. The number of thiophene rings is 1. The number of ether oxygens (including phenoxy) is 1. The minimum absolute atomic E-state index is 0.163. The van der Waals surface area contributed by atoms with E-state index in [4.69, 9.17) is 16.3 Å². The highest BCUT2D eigenvalue weighted by Gasteiger charge is 2.16. The normalized spacial score (nSPS) is 10.7. The van der Waals surface area contributed by atoms with E-state index >= 15 is 0 Å². The third-order valence-electron chi connectivity index (χ3n) is 3.39. The van der Waals surface area contributed by atoms with Crippen molar-refractivity contribution in [1.29, 1.82) is 0 Å². The summed E-state index contributed by atoms with van der Waals surface area (Å²) in [6, 6.07) is 15.6.